The Labute approximate surface area is 84.0 Å². The van der Waals surface area contributed by atoms with E-state index in [0.717, 1.165) is 12.2 Å². The number of piperidine rings is 1. The lowest BCUT2D eigenvalue weighted by Crippen LogP contribution is -2.37. The van der Waals surface area contributed by atoms with Gasteiger partial charge in [-0.15, -0.1) is 0 Å². The van der Waals surface area contributed by atoms with Crippen LogP contribution in [-0.2, 0) is 6.42 Å². The quantitative estimate of drug-likeness (QED) is 0.772. The molecular weight excluding hydrogens is 178 g/mol. The summed E-state index contributed by atoms with van der Waals surface area (Å²) in [5.74, 6) is 0.837. The number of aromatic nitrogens is 1. The maximum Gasteiger partial charge on any atom is 0.161 e. The molecule has 1 fully saturated rings. The van der Waals surface area contributed by atoms with E-state index in [-0.39, 0.29) is 0 Å². The first-order valence-electron chi connectivity index (χ1n) is 5.16. The lowest BCUT2D eigenvalue weighted by Gasteiger charge is -2.31. The van der Waals surface area contributed by atoms with Gasteiger partial charge in [-0.3, -0.25) is 0 Å². The highest BCUT2D eigenvalue weighted by atomic mass is 16.5. The number of likely N-dealkylation sites (N-methyl/N-ethyl adjacent to an activating group) is 1. The van der Waals surface area contributed by atoms with E-state index in [1.807, 2.05) is 0 Å². The van der Waals surface area contributed by atoms with Crippen molar-refractivity contribution >= 4 is 5.69 Å². The summed E-state index contributed by atoms with van der Waals surface area (Å²) in [5, 5.41) is 3.69. The number of nitrogens with two attached hydrogens (primary N) is 1. The monoisotopic (exact) mass is 195 g/mol. The average Bonchev–Trinajstić information content (AvgIpc) is 2.56. The van der Waals surface area contributed by atoms with Crippen molar-refractivity contribution < 1.29 is 4.52 Å². The number of nitrogen functional groups attached to an aromatic ring is 1. The van der Waals surface area contributed by atoms with Crippen molar-refractivity contribution in [2.45, 2.75) is 31.7 Å². The number of anilines is 1. The Kier molecular flexibility index (Phi) is 2.72. The second-order valence-electron chi connectivity index (χ2n) is 4.04. The standard InChI is InChI=1S/C10H17N3O/c1-13-5-3-2-4-8(13)6-10-9(11)7-12-14-10/h7-8H,2-6,11H2,1H3. The summed E-state index contributed by atoms with van der Waals surface area (Å²) in [7, 11) is 2.16. The van der Waals surface area contributed by atoms with Crippen LogP contribution in [0.4, 0.5) is 5.69 Å². The van der Waals surface area contributed by atoms with Gasteiger partial charge in [0.15, 0.2) is 5.76 Å². The molecule has 0 radical (unpaired) electrons. The topological polar surface area (TPSA) is 55.3 Å². The predicted octanol–water partition coefficient (Wildman–Crippen LogP) is 1.28. The zero-order chi connectivity index (χ0) is 9.97. The normalized spacial score (nSPS) is 23.9. The average molecular weight is 195 g/mol. The van der Waals surface area contributed by atoms with Crippen LogP contribution in [-0.4, -0.2) is 29.7 Å². The highest BCUT2D eigenvalue weighted by Crippen LogP contribution is 2.21. The Bertz CT molecular complexity index is 297. The molecule has 14 heavy (non-hydrogen) atoms. The summed E-state index contributed by atoms with van der Waals surface area (Å²) in [6.45, 7) is 1.18. The molecule has 0 saturated carbocycles. The predicted molar refractivity (Wildman–Crippen MR) is 54.9 cm³/mol. The van der Waals surface area contributed by atoms with Gasteiger partial charge in [-0.25, -0.2) is 0 Å². The largest absolute Gasteiger partial charge is 0.395 e. The molecule has 0 aliphatic carbocycles. The van der Waals surface area contributed by atoms with E-state index in [1.165, 1.54) is 25.8 Å². The number of hydrogen-bond acceptors (Lipinski definition) is 4. The van der Waals surface area contributed by atoms with Gasteiger partial charge in [-0.05, 0) is 26.4 Å². The minimum atomic E-state index is 0.569. The maximum absolute atomic E-state index is 5.73. The van der Waals surface area contributed by atoms with Gasteiger partial charge in [0.1, 0.15) is 0 Å². The molecule has 1 aromatic rings. The van der Waals surface area contributed by atoms with Crippen molar-refractivity contribution in [2.75, 3.05) is 19.3 Å². The zero-order valence-electron chi connectivity index (χ0n) is 8.57. The van der Waals surface area contributed by atoms with Crippen LogP contribution >= 0.6 is 0 Å². The second kappa shape index (κ2) is 4.00. The molecule has 1 aliphatic rings. The van der Waals surface area contributed by atoms with E-state index in [1.54, 1.807) is 6.20 Å². The van der Waals surface area contributed by atoms with Crippen molar-refractivity contribution in [3.63, 3.8) is 0 Å². The van der Waals surface area contributed by atoms with Crippen LogP contribution in [0, 0.1) is 0 Å². The SMILES string of the molecule is CN1CCCCC1Cc1oncc1N. The summed E-state index contributed by atoms with van der Waals surface area (Å²) in [6.07, 6.45) is 6.32. The van der Waals surface area contributed by atoms with Gasteiger partial charge in [0.2, 0.25) is 0 Å². The summed E-state index contributed by atoms with van der Waals surface area (Å²) in [4.78, 5) is 2.38. The maximum atomic E-state index is 5.73. The van der Waals surface area contributed by atoms with Crippen LogP contribution in [0.5, 0.6) is 0 Å². The first kappa shape index (κ1) is 9.52. The van der Waals surface area contributed by atoms with Crippen LogP contribution in [0.2, 0.25) is 0 Å². The number of likely N-dealkylation sites (tertiary alicyclic amines) is 1. The number of hydrogen-bond donors (Lipinski definition) is 1. The molecule has 1 atom stereocenters. The van der Waals surface area contributed by atoms with Crippen molar-refractivity contribution in [1.82, 2.24) is 10.1 Å². The first-order chi connectivity index (χ1) is 6.77. The zero-order valence-corrected chi connectivity index (χ0v) is 8.57. The molecule has 4 heteroatoms. The van der Waals surface area contributed by atoms with E-state index in [0.29, 0.717) is 11.7 Å². The van der Waals surface area contributed by atoms with E-state index in [4.69, 9.17) is 10.3 Å². The van der Waals surface area contributed by atoms with Crippen molar-refractivity contribution in [3.8, 4) is 0 Å². The molecule has 2 rings (SSSR count). The van der Waals surface area contributed by atoms with Crippen LogP contribution in [0.1, 0.15) is 25.0 Å². The summed E-state index contributed by atoms with van der Waals surface area (Å²) >= 11 is 0. The molecule has 1 aliphatic heterocycles. The van der Waals surface area contributed by atoms with Crippen LogP contribution in [0.15, 0.2) is 10.7 Å². The van der Waals surface area contributed by atoms with Gasteiger partial charge in [0, 0.05) is 12.5 Å². The Hall–Kier alpha value is -1.03. The molecule has 4 nitrogen and oxygen atoms in total. The lowest BCUT2D eigenvalue weighted by atomic mass is 9.99. The third kappa shape index (κ3) is 1.90. The van der Waals surface area contributed by atoms with Crippen molar-refractivity contribution in [3.05, 3.63) is 12.0 Å². The van der Waals surface area contributed by atoms with E-state index in [2.05, 4.69) is 17.1 Å². The second-order valence-corrected chi connectivity index (χ2v) is 4.04. The fraction of sp³-hybridized carbons (Fsp3) is 0.700. The Balaban J connectivity index is 1.99. The van der Waals surface area contributed by atoms with Gasteiger partial charge >= 0.3 is 0 Å². The molecule has 78 valence electrons. The molecule has 1 aromatic heterocycles. The first-order valence-corrected chi connectivity index (χ1v) is 5.16. The van der Waals surface area contributed by atoms with Crippen LogP contribution in [0.25, 0.3) is 0 Å². The third-order valence-electron chi connectivity index (χ3n) is 3.02. The number of nitrogens with zero attached hydrogens (tertiary/aromatic N) is 2. The van der Waals surface area contributed by atoms with Gasteiger partial charge in [0.05, 0.1) is 11.9 Å². The van der Waals surface area contributed by atoms with Crippen molar-refractivity contribution in [2.24, 2.45) is 0 Å². The molecular formula is C10H17N3O. The van der Waals surface area contributed by atoms with Crippen LogP contribution in [0.3, 0.4) is 0 Å². The van der Waals surface area contributed by atoms with Gasteiger partial charge in [-0.2, -0.15) is 0 Å². The molecule has 2 N–H and O–H groups in total. The molecule has 1 unspecified atom stereocenters. The third-order valence-corrected chi connectivity index (χ3v) is 3.02. The van der Waals surface area contributed by atoms with E-state index < -0.39 is 0 Å². The minimum Gasteiger partial charge on any atom is -0.395 e. The summed E-state index contributed by atoms with van der Waals surface area (Å²) in [6, 6.07) is 0.569. The fourth-order valence-electron chi connectivity index (χ4n) is 2.04. The fourth-order valence-corrected chi connectivity index (χ4v) is 2.04. The number of rotatable bonds is 2. The van der Waals surface area contributed by atoms with Crippen molar-refractivity contribution in [1.29, 1.82) is 0 Å². The minimum absolute atomic E-state index is 0.569. The van der Waals surface area contributed by atoms with E-state index >= 15 is 0 Å². The van der Waals surface area contributed by atoms with Gasteiger partial charge in [0.25, 0.3) is 0 Å². The van der Waals surface area contributed by atoms with Gasteiger partial charge < -0.3 is 15.2 Å². The summed E-state index contributed by atoms with van der Waals surface area (Å²) in [5.41, 5.74) is 6.41. The summed E-state index contributed by atoms with van der Waals surface area (Å²) < 4.78 is 5.11. The lowest BCUT2D eigenvalue weighted by molar-refractivity contribution is 0.175. The Morgan fingerprint density at radius 1 is 1.64 bits per heavy atom. The molecule has 1 saturated heterocycles. The Morgan fingerprint density at radius 2 is 2.50 bits per heavy atom. The molecule has 0 aromatic carbocycles. The Morgan fingerprint density at radius 3 is 3.14 bits per heavy atom. The van der Waals surface area contributed by atoms with E-state index in [9.17, 15) is 0 Å². The molecule has 0 amide bonds. The smallest absolute Gasteiger partial charge is 0.161 e. The highest BCUT2D eigenvalue weighted by Gasteiger charge is 2.21. The highest BCUT2D eigenvalue weighted by molar-refractivity contribution is 5.38. The molecule has 0 spiro atoms. The molecule has 0 bridgehead atoms. The van der Waals surface area contributed by atoms with Gasteiger partial charge in [-0.1, -0.05) is 11.6 Å². The van der Waals surface area contributed by atoms with Crippen LogP contribution < -0.4 is 5.73 Å². The molecule has 2 heterocycles.